The zero-order valence-corrected chi connectivity index (χ0v) is 13.6. The molecule has 0 saturated carbocycles. The van der Waals surface area contributed by atoms with Crippen LogP contribution in [0.3, 0.4) is 0 Å². The van der Waals surface area contributed by atoms with E-state index in [4.69, 9.17) is 4.74 Å². The van der Waals surface area contributed by atoms with Crippen LogP contribution in [0.4, 0.5) is 0 Å². The summed E-state index contributed by atoms with van der Waals surface area (Å²) in [7, 11) is 0. The minimum atomic E-state index is 0.437. The van der Waals surface area contributed by atoms with E-state index in [9.17, 15) is 0 Å². The second-order valence-electron chi connectivity index (χ2n) is 5.82. The fourth-order valence-corrected chi connectivity index (χ4v) is 2.86. The van der Waals surface area contributed by atoms with Gasteiger partial charge in [-0.3, -0.25) is 0 Å². The second kappa shape index (κ2) is 7.31. The summed E-state index contributed by atoms with van der Waals surface area (Å²) in [5.41, 5.74) is 4.15. The average molecular weight is 282 g/mol. The van der Waals surface area contributed by atoms with Gasteiger partial charge in [0.25, 0.3) is 0 Å². The summed E-state index contributed by atoms with van der Waals surface area (Å²) < 4.78 is 5.54. The molecule has 0 heterocycles. The molecular formula is C20H26O. The molecule has 2 aromatic rings. The van der Waals surface area contributed by atoms with Gasteiger partial charge in [0.15, 0.2) is 0 Å². The Balaban J connectivity index is 2.29. The lowest BCUT2D eigenvalue weighted by atomic mass is 9.82. The van der Waals surface area contributed by atoms with Crippen molar-refractivity contribution in [1.82, 2.24) is 0 Å². The highest BCUT2D eigenvalue weighted by molar-refractivity contribution is 5.37. The maximum absolute atomic E-state index is 5.54. The monoisotopic (exact) mass is 282 g/mol. The number of hydrogen-bond acceptors (Lipinski definition) is 1. The Morgan fingerprint density at radius 1 is 0.810 bits per heavy atom. The lowest BCUT2D eigenvalue weighted by Crippen LogP contribution is -2.08. The maximum Gasteiger partial charge on any atom is 0.119 e. The first-order chi connectivity index (χ1) is 10.2. The maximum atomic E-state index is 5.54. The van der Waals surface area contributed by atoms with Gasteiger partial charge < -0.3 is 4.74 Å². The quantitative estimate of drug-likeness (QED) is 0.686. The Labute approximate surface area is 129 Å². The van der Waals surface area contributed by atoms with E-state index < -0.39 is 0 Å². The third-order valence-corrected chi connectivity index (χ3v) is 3.96. The topological polar surface area (TPSA) is 9.23 Å². The lowest BCUT2D eigenvalue weighted by molar-refractivity contribution is 0.340. The summed E-state index contributed by atoms with van der Waals surface area (Å²) >= 11 is 0. The van der Waals surface area contributed by atoms with Crippen molar-refractivity contribution in [2.75, 3.05) is 6.61 Å². The van der Waals surface area contributed by atoms with Crippen molar-refractivity contribution >= 4 is 0 Å². The van der Waals surface area contributed by atoms with E-state index in [1.54, 1.807) is 0 Å². The molecule has 0 radical (unpaired) electrons. The number of benzene rings is 2. The first-order valence-corrected chi connectivity index (χ1v) is 7.97. The molecule has 0 bridgehead atoms. The zero-order chi connectivity index (χ0) is 15.2. The van der Waals surface area contributed by atoms with Crippen molar-refractivity contribution in [3.05, 3.63) is 65.2 Å². The molecule has 1 atom stereocenters. The van der Waals surface area contributed by atoms with Crippen LogP contribution in [0, 0.1) is 5.92 Å². The number of aryl methyl sites for hydroxylation is 1. The van der Waals surface area contributed by atoms with Crippen LogP contribution in [0.5, 0.6) is 5.75 Å². The summed E-state index contributed by atoms with van der Waals surface area (Å²) in [6.45, 7) is 9.50. The highest BCUT2D eigenvalue weighted by Crippen LogP contribution is 2.33. The van der Waals surface area contributed by atoms with Gasteiger partial charge in [0.05, 0.1) is 6.61 Å². The van der Waals surface area contributed by atoms with Crippen molar-refractivity contribution in [2.45, 2.75) is 40.0 Å². The fourth-order valence-electron chi connectivity index (χ4n) is 2.86. The summed E-state index contributed by atoms with van der Waals surface area (Å²) in [5, 5.41) is 0. The molecule has 2 rings (SSSR count). The Morgan fingerprint density at radius 2 is 1.33 bits per heavy atom. The smallest absolute Gasteiger partial charge is 0.119 e. The Morgan fingerprint density at radius 3 is 1.76 bits per heavy atom. The van der Waals surface area contributed by atoms with E-state index in [2.05, 4.69) is 69.3 Å². The largest absolute Gasteiger partial charge is 0.494 e. The van der Waals surface area contributed by atoms with Crippen LogP contribution in [0.15, 0.2) is 48.5 Å². The normalized spacial score (nSPS) is 12.4. The molecule has 1 nitrogen and oxygen atoms in total. The molecule has 0 aliphatic carbocycles. The SMILES string of the molecule is CCOc1ccc(C(c2ccc(CC)cc2)C(C)C)cc1. The second-order valence-corrected chi connectivity index (χ2v) is 5.82. The first kappa shape index (κ1) is 15.6. The molecule has 21 heavy (non-hydrogen) atoms. The minimum absolute atomic E-state index is 0.437. The van der Waals surface area contributed by atoms with Crippen molar-refractivity contribution in [1.29, 1.82) is 0 Å². The molecule has 0 aliphatic heterocycles. The Kier molecular flexibility index (Phi) is 5.44. The van der Waals surface area contributed by atoms with E-state index >= 15 is 0 Å². The number of hydrogen-bond donors (Lipinski definition) is 0. The Hall–Kier alpha value is -1.76. The van der Waals surface area contributed by atoms with E-state index in [1.807, 2.05) is 6.92 Å². The third-order valence-electron chi connectivity index (χ3n) is 3.96. The van der Waals surface area contributed by atoms with Crippen LogP contribution in [-0.4, -0.2) is 6.61 Å². The van der Waals surface area contributed by atoms with Crippen LogP contribution in [0.1, 0.15) is 50.3 Å². The van der Waals surface area contributed by atoms with Crippen LogP contribution in [-0.2, 0) is 6.42 Å². The van der Waals surface area contributed by atoms with Gasteiger partial charge in [-0.05, 0) is 48.1 Å². The molecule has 1 unspecified atom stereocenters. The number of ether oxygens (including phenoxy) is 1. The van der Waals surface area contributed by atoms with Gasteiger partial charge >= 0.3 is 0 Å². The molecule has 2 aromatic carbocycles. The van der Waals surface area contributed by atoms with E-state index in [0.29, 0.717) is 18.4 Å². The van der Waals surface area contributed by atoms with Gasteiger partial charge in [-0.15, -0.1) is 0 Å². The van der Waals surface area contributed by atoms with Crippen LogP contribution < -0.4 is 4.74 Å². The van der Waals surface area contributed by atoms with Crippen molar-refractivity contribution in [2.24, 2.45) is 5.92 Å². The molecule has 0 amide bonds. The summed E-state index contributed by atoms with van der Waals surface area (Å²) in [5.74, 6) is 1.95. The summed E-state index contributed by atoms with van der Waals surface area (Å²) in [6.07, 6.45) is 1.09. The van der Waals surface area contributed by atoms with E-state index in [0.717, 1.165) is 12.2 Å². The Bertz CT molecular complexity index is 537. The fraction of sp³-hybridized carbons (Fsp3) is 0.400. The number of rotatable bonds is 6. The first-order valence-electron chi connectivity index (χ1n) is 7.97. The predicted molar refractivity (Wildman–Crippen MR) is 90.1 cm³/mol. The van der Waals surface area contributed by atoms with Gasteiger partial charge in [-0.25, -0.2) is 0 Å². The molecule has 1 heteroatoms. The third kappa shape index (κ3) is 3.87. The van der Waals surface area contributed by atoms with E-state index in [-0.39, 0.29) is 0 Å². The van der Waals surface area contributed by atoms with Crippen molar-refractivity contribution in [3.8, 4) is 5.75 Å². The van der Waals surface area contributed by atoms with Crippen LogP contribution in [0.2, 0.25) is 0 Å². The van der Waals surface area contributed by atoms with Gasteiger partial charge in [-0.2, -0.15) is 0 Å². The van der Waals surface area contributed by atoms with Crippen LogP contribution in [0.25, 0.3) is 0 Å². The lowest BCUT2D eigenvalue weighted by Gasteiger charge is -2.22. The molecule has 0 fully saturated rings. The molecule has 0 aromatic heterocycles. The molecule has 0 aliphatic rings. The van der Waals surface area contributed by atoms with Gasteiger partial charge in [-0.1, -0.05) is 57.2 Å². The van der Waals surface area contributed by atoms with Gasteiger partial charge in [0, 0.05) is 5.92 Å². The zero-order valence-electron chi connectivity index (χ0n) is 13.6. The van der Waals surface area contributed by atoms with Crippen molar-refractivity contribution < 1.29 is 4.74 Å². The summed E-state index contributed by atoms with van der Waals surface area (Å²) in [4.78, 5) is 0. The highest BCUT2D eigenvalue weighted by atomic mass is 16.5. The molecule has 0 spiro atoms. The van der Waals surface area contributed by atoms with E-state index in [1.165, 1.54) is 16.7 Å². The minimum Gasteiger partial charge on any atom is -0.494 e. The molecule has 0 saturated heterocycles. The predicted octanol–water partition coefficient (Wildman–Crippen LogP) is 5.44. The highest BCUT2D eigenvalue weighted by Gasteiger charge is 2.18. The summed E-state index contributed by atoms with van der Waals surface area (Å²) in [6, 6.07) is 17.6. The molecule has 112 valence electrons. The standard InChI is InChI=1S/C20H26O/c1-5-16-7-9-17(10-8-16)20(15(3)4)18-11-13-19(14-12-18)21-6-2/h7-15,20H,5-6H2,1-4H3. The average Bonchev–Trinajstić information content (AvgIpc) is 2.50. The molecule has 0 N–H and O–H groups in total. The molecular weight excluding hydrogens is 256 g/mol. The van der Waals surface area contributed by atoms with Gasteiger partial charge in [0.1, 0.15) is 5.75 Å². The van der Waals surface area contributed by atoms with Gasteiger partial charge in [0.2, 0.25) is 0 Å². The van der Waals surface area contributed by atoms with Crippen molar-refractivity contribution in [3.63, 3.8) is 0 Å². The van der Waals surface area contributed by atoms with Crippen LogP contribution >= 0.6 is 0 Å².